The predicted molar refractivity (Wildman–Crippen MR) is 351 cm³/mol. The van der Waals surface area contributed by atoms with Crippen LogP contribution in [0.25, 0.3) is 67.2 Å². The van der Waals surface area contributed by atoms with E-state index >= 15 is 14.4 Å². The fourth-order valence-electron chi connectivity index (χ4n) is 11.0. The first kappa shape index (κ1) is 54.3. The number of benzene rings is 10. The van der Waals surface area contributed by atoms with E-state index in [1.165, 1.54) is 0 Å². The number of amides is 3. The van der Waals surface area contributed by atoms with Gasteiger partial charge in [0.1, 0.15) is 0 Å². The van der Waals surface area contributed by atoms with Gasteiger partial charge < -0.3 is 0 Å². The Bertz CT molecular complexity index is 4070. The second kappa shape index (κ2) is 24.9. The minimum Gasteiger partial charge on any atom is -0.276 e. The molecule has 0 unspecified atom stereocenters. The van der Waals surface area contributed by atoms with E-state index in [1.54, 1.807) is 51.5 Å². The van der Waals surface area contributed by atoms with Crippen LogP contribution in [0, 0.1) is 0 Å². The number of hydrogen-bond donors (Lipinski definition) is 0. The van der Waals surface area contributed by atoms with E-state index in [4.69, 9.17) is 15.0 Å². The van der Waals surface area contributed by atoms with Gasteiger partial charge in [-0.05, 0) is 144 Å². The second-order valence-electron chi connectivity index (χ2n) is 20.7. The van der Waals surface area contributed by atoms with Crippen molar-refractivity contribution < 1.29 is 14.4 Å². The van der Waals surface area contributed by atoms with Crippen LogP contribution in [0.3, 0.4) is 0 Å². The molecule has 0 aliphatic rings. The molecule has 9 heteroatoms. The number of rotatable bonds is 15. The number of carbonyl (C=O) groups excluding carboxylic acids is 3. The maximum Gasteiger partial charge on any atom is 0.262 e. The van der Waals surface area contributed by atoms with E-state index < -0.39 is 17.7 Å². The second-order valence-corrected chi connectivity index (χ2v) is 20.7. The first-order chi connectivity index (χ1) is 42.9. The molecular formula is C78H54N6O3. The highest BCUT2D eigenvalue weighted by atomic mass is 16.2. The van der Waals surface area contributed by atoms with E-state index in [-0.39, 0.29) is 16.7 Å². The molecule has 0 atom stereocenters. The van der Waals surface area contributed by atoms with Gasteiger partial charge in [-0.25, -0.2) is 0 Å². The molecule has 13 aromatic rings. The summed E-state index contributed by atoms with van der Waals surface area (Å²) in [6, 6.07) is 98.1. The van der Waals surface area contributed by atoms with Crippen molar-refractivity contribution in [1.82, 2.24) is 15.0 Å². The Kier molecular flexibility index (Phi) is 15.5. The third-order valence-corrected chi connectivity index (χ3v) is 15.2. The van der Waals surface area contributed by atoms with Crippen LogP contribution in [0.2, 0.25) is 0 Å². The van der Waals surface area contributed by atoms with Gasteiger partial charge in [0.25, 0.3) is 17.7 Å². The zero-order valence-corrected chi connectivity index (χ0v) is 47.1. The van der Waals surface area contributed by atoms with E-state index in [9.17, 15) is 0 Å². The van der Waals surface area contributed by atoms with E-state index in [1.807, 2.05) is 291 Å². The summed E-state index contributed by atoms with van der Waals surface area (Å²) >= 11 is 0. The monoisotopic (exact) mass is 1120 g/mol. The smallest absolute Gasteiger partial charge is 0.262 e. The quantitative estimate of drug-likeness (QED) is 0.101. The van der Waals surface area contributed by atoms with Gasteiger partial charge in [-0.15, -0.1) is 0 Å². The van der Waals surface area contributed by atoms with Crippen LogP contribution in [0.4, 0.5) is 34.1 Å². The molecule has 3 heterocycles. The molecule has 9 nitrogen and oxygen atoms in total. The van der Waals surface area contributed by atoms with Crippen LogP contribution in [-0.4, -0.2) is 32.7 Å². The van der Waals surface area contributed by atoms with Gasteiger partial charge in [0.15, 0.2) is 0 Å². The van der Waals surface area contributed by atoms with Crippen LogP contribution in [0.1, 0.15) is 31.1 Å². The summed E-state index contributed by atoms with van der Waals surface area (Å²) < 4.78 is 0. The van der Waals surface area contributed by atoms with Gasteiger partial charge in [-0.3, -0.25) is 44.0 Å². The lowest BCUT2D eigenvalue weighted by molar-refractivity contribution is 0.0998. The van der Waals surface area contributed by atoms with Gasteiger partial charge in [-0.2, -0.15) is 0 Å². The molecule has 0 aliphatic heterocycles. The van der Waals surface area contributed by atoms with Crippen molar-refractivity contribution >= 4 is 51.8 Å². The number of anilines is 6. The Hall–Kier alpha value is -11.9. The Morgan fingerprint density at radius 3 is 0.713 bits per heavy atom. The minimum absolute atomic E-state index is 0.0875. The highest BCUT2D eigenvalue weighted by Gasteiger charge is 2.32. The molecular weight excluding hydrogens is 1070 g/mol. The number of nitrogens with zero attached hydrogens (tertiary/aromatic N) is 6. The molecule has 3 aromatic heterocycles. The van der Waals surface area contributed by atoms with Gasteiger partial charge in [0.2, 0.25) is 0 Å². The lowest BCUT2D eigenvalue weighted by Gasteiger charge is -2.29. The minimum atomic E-state index is -0.487. The molecule has 0 spiro atoms. The van der Waals surface area contributed by atoms with Crippen molar-refractivity contribution in [3.8, 4) is 67.2 Å². The normalized spacial score (nSPS) is 10.9. The first-order valence-corrected chi connectivity index (χ1v) is 28.6. The largest absolute Gasteiger partial charge is 0.276 e. The molecule has 414 valence electrons. The number of carbonyl (C=O) groups is 3. The summed E-state index contributed by atoms with van der Waals surface area (Å²) in [6.07, 6.45) is 5.28. The van der Waals surface area contributed by atoms with Gasteiger partial charge in [0, 0.05) is 85.7 Å². The molecule has 0 fully saturated rings. The molecule has 0 radical (unpaired) electrons. The third kappa shape index (κ3) is 11.5. The third-order valence-electron chi connectivity index (χ3n) is 15.2. The Balaban J connectivity index is 1.04. The molecule has 0 bridgehead atoms. The van der Waals surface area contributed by atoms with Crippen LogP contribution in [0.15, 0.2) is 328 Å². The Morgan fingerprint density at radius 2 is 0.471 bits per heavy atom. The average molecular weight is 1120 g/mol. The van der Waals surface area contributed by atoms with Crippen molar-refractivity contribution in [3.05, 3.63) is 345 Å². The highest BCUT2D eigenvalue weighted by molar-refractivity contribution is 6.20. The molecule has 0 saturated heterocycles. The van der Waals surface area contributed by atoms with Crippen molar-refractivity contribution in [3.63, 3.8) is 0 Å². The van der Waals surface area contributed by atoms with E-state index in [0.29, 0.717) is 34.1 Å². The van der Waals surface area contributed by atoms with Crippen LogP contribution in [-0.2, 0) is 0 Å². The lowest BCUT2D eigenvalue weighted by atomic mass is 9.96. The Morgan fingerprint density at radius 1 is 0.230 bits per heavy atom. The molecule has 0 N–H and O–H groups in total. The summed E-state index contributed by atoms with van der Waals surface area (Å²) in [6.45, 7) is 0. The zero-order chi connectivity index (χ0) is 58.9. The molecule has 3 amide bonds. The fraction of sp³-hybridized carbons (Fsp3) is 0. The van der Waals surface area contributed by atoms with Gasteiger partial charge >= 0.3 is 0 Å². The van der Waals surface area contributed by atoms with Crippen LogP contribution < -0.4 is 14.7 Å². The fourth-order valence-corrected chi connectivity index (χ4v) is 11.0. The summed E-state index contributed by atoms with van der Waals surface area (Å²) in [5, 5.41) is 0. The first-order valence-electron chi connectivity index (χ1n) is 28.6. The number of para-hydroxylation sites is 3. The number of aromatic nitrogens is 3. The topological polar surface area (TPSA) is 99.6 Å². The molecule has 87 heavy (non-hydrogen) atoms. The standard InChI is InChI=1S/C78H54N6O3/c85-76(82(64-31-13-4-14-32-64)73-43-40-58(70-37-19-22-46-79-70)52-67(73)55-25-7-1-8-26-55)61-49-62(77(86)83(65-33-15-5-16-34-65)74-44-41-59(71-38-20-23-47-80-71)53-68(74)56-27-9-2-10-28-56)51-63(50-61)78(87)84(66-35-17-6-18-36-66)75-45-42-60(72-39-21-24-48-81-72)54-69(75)57-29-11-3-12-30-57/h1-54H. The molecule has 0 aliphatic carbocycles. The van der Waals surface area contributed by atoms with Gasteiger partial charge in [0.05, 0.1) is 34.1 Å². The van der Waals surface area contributed by atoms with Crippen molar-refractivity contribution in [2.75, 3.05) is 14.7 Å². The molecule has 13 rings (SSSR count). The highest BCUT2D eigenvalue weighted by Crippen LogP contribution is 2.44. The SMILES string of the molecule is O=C(c1cc(C(=O)N(c2ccccc2)c2ccc(-c3ccccn3)cc2-c2ccccc2)cc(C(=O)N(c2ccccc2)c2ccc(-c3ccccn3)cc2-c2ccccc2)c1)N(c1ccccc1)c1ccc(-c2ccccn2)cc1-c1ccccc1. The summed E-state index contributed by atoms with van der Waals surface area (Å²) in [7, 11) is 0. The van der Waals surface area contributed by atoms with Crippen LogP contribution in [0.5, 0.6) is 0 Å². The van der Waals surface area contributed by atoms with Crippen molar-refractivity contribution in [2.45, 2.75) is 0 Å². The molecule has 10 aromatic carbocycles. The van der Waals surface area contributed by atoms with E-state index in [0.717, 1.165) is 67.2 Å². The predicted octanol–water partition coefficient (Wildman–Crippen LogP) is 18.8. The Labute approximate surface area is 505 Å². The van der Waals surface area contributed by atoms with Crippen molar-refractivity contribution in [2.24, 2.45) is 0 Å². The molecule has 0 saturated carbocycles. The average Bonchev–Trinajstić information content (AvgIpc) is 2.07. The summed E-state index contributed by atoms with van der Waals surface area (Å²) in [5.74, 6) is -1.46. The number of pyridine rings is 3. The van der Waals surface area contributed by atoms with Crippen molar-refractivity contribution in [1.29, 1.82) is 0 Å². The van der Waals surface area contributed by atoms with Crippen LogP contribution >= 0.6 is 0 Å². The lowest BCUT2D eigenvalue weighted by Crippen LogP contribution is -2.31. The van der Waals surface area contributed by atoms with Gasteiger partial charge in [-0.1, -0.05) is 182 Å². The number of hydrogen-bond acceptors (Lipinski definition) is 6. The maximum absolute atomic E-state index is 16.5. The zero-order valence-electron chi connectivity index (χ0n) is 47.1. The van der Waals surface area contributed by atoms with E-state index in [2.05, 4.69) is 0 Å². The maximum atomic E-state index is 16.5. The summed E-state index contributed by atoms with van der Waals surface area (Å²) in [4.78, 5) is 68.7. The summed E-state index contributed by atoms with van der Waals surface area (Å²) in [5.41, 5.74) is 13.4.